The number of carbonyl (C=O) groups is 4. The van der Waals surface area contributed by atoms with Gasteiger partial charge in [0.05, 0.1) is 24.2 Å². The highest BCUT2D eigenvalue weighted by molar-refractivity contribution is 8.00. The molecule has 0 bridgehead atoms. The van der Waals surface area contributed by atoms with Crippen LogP contribution in [0.5, 0.6) is 0 Å². The quantitative estimate of drug-likeness (QED) is 0.0768. The Morgan fingerprint density at radius 2 is 1.46 bits per heavy atom. The van der Waals surface area contributed by atoms with Gasteiger partial charge >= 0.3 is 24.0 Å². The smallest absolute Gasteiger partial charge is 0.339 e. The number of nitrogens with zero attached hydrogens (tertiary/aromatic N) is 7. The minimum absolute atomic E-state index is 0.0681. The molecule has 0 aliphatic carbocycles. The summed E-state index contributed by atoms with van der Waals surface area (Å²) in [7, 11) is 0. The number of urea groups is 2. The Labute approximate surface area is 221 Å². The Bertz CT molecular complexity index is 980. The van der Waals surface area contributed by atoms with Gasteiger partial charge < -0.3 is 20.6 Å². The van der Waals surface area contributed by atoms with Gasteiger partial charge in [0, 0.05) is 39.8 Å². The average Bonchev–Trinajstić information content (AvgIpc) is 3.59. The van der Waals surface area contributed by atoms with E-state index in [1.807, 2.05) is 0 Å². The van der Waals surface area contributed by atoms with Crippen LogP contribution >= 0.6 is 23.5 Å². The van der Waals surface area contributed by atoms with Crippen LogP contribution in [0.3, 0.4) is 0 Å². The maximum Gasteiger partial charge on any atom is 0.339 e. The predicted molar refractivity (Wildman–Crippen MR) is 133 cm³/mol. The van der Waals surface area contributed by atoms with Crippen molar-refractivity contribution < 1.29 is 29.1 Å². The summed E-state index contributed by atoms with van der Waals surface area (Å²) in [5.74, 6) is 0.0743. The number of fused-ring (bicyclic) bond motifs is 2. The van der Waals surface area contributed by atoms with Crippen molar-refractivity contribution >= 4 is 47.5 Å². The zero-order valence-corrected chi connectivity index (χ0v) is 21.6. The molecule has 0 saturated carbocycles. The minimum atomic E-state index is -0.816. The number of aliphatic carboxylic acids is 1. The molecule has 6 atom stereocenters. The van der Waals surface area contributed by atoms with E-state index in [-0.39, 0.29) is 59.6 Å². The fourth-order valence-electron chi connectivity index (χ4n) is 5.14. The van der Waals surface area contributed by atoms with Gasteiger partial charge in [0.1, 0.15) is 5.28 Å². The average molecular weight is 556 g/mol. The molecule has 4 heterocycles. The van der Waals surface area contributed by atoms with Crippen LogP contribution in [-0.2, 0) is 14.4 Å². The summed E-state index contributed by atoms with van der Waals surface area (Å²) in [6.45, 7) is 0. The summed E-state index contributed by atoms with van der Waals surface area (Å²) in [5, 5.41) is 28.8. The highest BCUT2D eigenvalue weighted by Gasteiger charge is 2.51. The minimum Gasteiger partial charge on any atom is -0.481 e. The van der Waals surface area contributed by atoms with Crippen LogP contribution in [0.25, 0.3) is 10.4 Å². The van der Waals surface area contributed by atoms with E-state index >= 15 is 0 Å². The van der Waals surface area contributed by atoms with E-state index in [9.17, 15) is 19.2 Å². The van der Waals surface area contributed by atoms with Crippen LogP contribution in [0.1, 0.15) is 51.4 Å². The van der Waals surface area contributed by atoms with Crippen LogP contribution in [0.2, 0.25) is 0 Å². The van der Waals surface area contributed by atoms with Crippen molar-refractivity contribution in [1.29, 1.82) is 0 Å². The second-order valence-electron chi connectivity index (χ2n) is 9.22. The molecule has 17 heteroatoms. The second kappa shape index (κ2) is 12.6. The first-order valence-corrected chi connectivity index (χ1v) is 14.3. The van der Waals surface area contributed by atoms with Crippen molar-refractivity contribution in [2.45, 2.75) is 86.0 Å². The number of carboxylic acid groups (broad SMARTS) is 1. The molecule has 4 amide bonds. The van der Waals surface area contributed by atoms with Crippen LogP contribution in [0.15, 0.2) is 15.7 Å². The Morgan fingerprint density at radius 1 is 0.946 bits per heavy atom. The van der Waals surface area contributed by atoms with Gasteiger partial charge in [-0.1, -0.05) is 12.8 Å². The molecule has 3 N–H and O–H groups in total. The first kappa shape index (κ1) is 27.1. The largest absolute Gasteiger partial charge is 0.481 e. The lowest BCUT2D eigenvalue weighted by atomic mass is 10.0. The summed E-state index contributed by atoms with van der Waals surface area (Å²) in [6, 6.07) is -1.28. The first-order valence-electron chi connectivity index (χ1n) is 12.2. The standard InChI is InChI=1S/C20H29N9O6S2/c21-24-27-35-16(32)8-4-2-6-14-18-12(10-37-14)23-20(34)29(18)26-25-28-17-11(22-19(28)33)9-36-13(17)5-1-3-7-15(30)31/h11-14,17-18H,1-10H2,(H,22,33)(H,23,34)(H,30,31)/b26-25+/t11-,12-,13-,14-,17-,18-/m1/s1. The maximum absolute atomic E-state index is 12.6. The van der Waals surface area contributed by atoms with Crippen LogP contribution in [0.4, 0.5) is 9.59 Å². The van der Waals surface area contributed by atoms with Crippen molar-refractivity contribution in [2.24, 2.45) is 15.7 Å². The summed E-state index contributed by atoms with van der Waals surface area (Å²) < 4.78 is 0. The third-order valence-electron chi connectivity index (χ3n) is 6.83. The molecular weight excluding hydrogens is 526 g/mol. The number of thioether (sulfide) groups is 2. The number of hydrogen-bond acceptors (Lipinski definition) is 10. The SMILES string of the molecule is [N-]=[N+]=NOC(=O)CCCC[C@H]1SC[C@H]2NC(=O)N(/N=N/N3C(=O)N[C@@H]4CS[C@H](CCCCC(=O)O)[C@@H]43)[C@H]21. The fourth-order valence-corrected chi connectivity index (χ4v) is 8.28. The molecule has 0 unspecified atom stereocenters. The summed E-state index contributed by atoms with van der Waals surface area (Å²) in [6.07, 6.45) is 4.36. The third kappa shape index (κ3) is 6.51. The van der Waals surface area contributed by atoms with Crippen LogP contribution in [-0.4, -0.2) is 85.3 Å². The number of carboxylic acids is 1. The molecule has 4 aliphatic rings. The van der Waals surface area contributed by atoms with Gasteiger partial charge in [-0.15, -0.1) is 0 Å². The molecule has 15 nitrogen and oxygen atoms in total. The lowest BCUT2D eigenvalue weighted by Gasteiger charge is -2.24. The number of azide groups is 1. The van der Waals surface area contributed by atoms with Crippen LogP contribution in [0, 0.1) is 0 Å². The molecule has 4 aliphatic heterocycles. The second-order valence-corrected chi connectivity index (χ2v) is 11.8. The molecule has 0 aromatic rings. The van der Waals surface area contributed by atoms with E-state index in [1.165, 1.54) is 10.0 Å². The van der Waals surface area contributed by atoms with Crippen molar-refractivity contribution in [3.63, 3.8) is 0 Å². The van der Waals surface area contributed by atoms with Gasteiger partial charge in [0.2, 0.25) is 0 Å². The third-order valence-corrected chi connectivity index (χ3v) is 9.81. The Hall–Kier alpha value is -2.91. The number of amides is 4. The van der Waals surface area contributed by atoms with E-state index in [0.29, 0.717) is 19.3 Å². The highest BCUT2D eigenvalue weighted by Crippen LogP contribution is 2.40. The number of nitrogens with one attached hydrogen (secondary N) is 2. The summed E-state index contributed by atoms with van der Waals surface area (Å²) in [5.41, 5.74) is 8.19. The van der Waals surface area contributed by atoms with E-state index in [4.69, 9.17) is 10.6 Å². The maximum atomic E-state index is 12.6. The molecule has 37 heavy (non-hydrogen) atoms. The molecule has 4 saturated heterocycles. The zero-order valence-electron chi connectivity index (χ0n) is 20.0. The van der Waals surface area contributed by atoms with Crippen LogP contribution < -0.4 is 10.6 Å². The van der Waals surface area contributed by atoms with Gasteiger partial charge in [0.25, 0.3) is 0 Å². The Morgan fingerprint density at radius 3 is 1.95 bits per heavy atom. The lowest BCUT2D eigenvalue weighted by molar-refractivity contribution is -0.144. The number of carbonyl (C=O) groups excluding carboxylic acids is 3. The van der Waals surface area contributed by atoms with Gasteiger partial charge in [-0.3, -0.25) is 9.59 Å². The van der Waals surface area contributed by atoms with Crippen molar-refractivity contribution in [1.82, 2.24) is 20.7 Å². The molecular formula is C20H29N9O6S2. The molecule has 0 spiro atoms. The monoisotopic (exact) mass is 555 g/mol. The summed E-state index contributed by atoms with van der Waals surface area (Å²) >= 11 is 3.45. The van der Waals surface area contributed by atoms with Crippen molar-refractivity contribution in [3.8, 4) is 0 Å². The van der Waals surface area contributed by atoms with E-state index in [1.54, 1.807) is 23.5 Å². The predicted octanol–water partition coefficient (Wildman–Crippen LogP) is 3.00. The number of rotatable bonds is 13. The molecule has 202 valence electrons. The topological polar surface area (TPSA) is 202 Å². The molecule has 4 rings (SSSR count). The Balaban J connectivity index is 1.33. The van der Waals surface area contributed by atoms with E-state index in [2.05, 4.69) is 36.1 Å². The van der Waals surface area contributed by atoms with Gasteiger partial charge in [-0.05, 0) is 41.7 Å². The van der Waals surface area contributed by atoms with Crippen molar-refractivity contribution in [2.75, 3.05) is 11.5 Å². The molecule has 0 aromatic carbocycles. The highest BCUT2D eigenvalue weighted by atomic mass is 32.2. The zero-order chi connectivity index (χ0) is 26.4. The Kier molecular flexibility index (Phi) is 9.21. The normalized spacial score (nSPS) is 30.2. The van der Waals surface area contributed by atoms with Gasteiger partial charge in [-0.2, -0.15) is 33.5 Å². The first-order chi connectivity index (χ1) is 17.9. The van der Waals surface area contributed by atoms with E-state index < -0.39 is 11.9 Å². The number of unbranched alkanes of at least 4 members (excludes halogenated alkanes) is 2. The summed E-state index contributed by atoms with van der Waals surface area (Å²) in [4.78, 5) is 54.2. The molecule has 4 fully saturated rings. The van der Waals surface area contributed by atoms with Gasteiger partial charge in [-0.25, -0.2) is 9.59 Å². The van der Waals surface area contributed by atoms with E-state index in [0.717, 1.165) is 30.8 Å². The fraction of sp³-hybridized carbons (Fsp3) is 0.800. The molecule has 0 radical (unpaired) electrons. The molecule has 0 aromatic heterocycles. The lowest BCUT2D eigenvalue weighted by Crippen LogP contribution is -2.40. The number of hydrogen-bond donors (Lipinski definition) is 3. The van der Waals surface area contributed by atoms with Crippen molar-refractivity contribution in [3.05, 3.63) is 10.4 Å². The van der Waals surface area contributed by atoms with Gasteiger partial charge in [0.15, 0.2) is 0 Å².